The molecule has 5 nitrogen and oxygen atoms in total. The van der Waals surface area contributed by atoms with Crippen molar-refractivity contribution in [2.75, 3.05) is 5.32 Å². The van der Waals surface area contributed by atoms with Crippen LogP contribution >= 0.6 is 0 Å². The van der Waals surface area contributed by atoms with E-state index in [-0.39, 0.29) is 5.91 Å². The van der Waals surface area contributed by atoms with E-state index in [1.165, 1.54) is 17.2 Å². The van der Waals surface area contributed by atoms with Crippen LogP contribution in [0, 0.1) is 20.8 Å². The molecule has 0 atom stereocenters. The molecule has 0 unspecified atom stereocenters. The van der Waals surface area contributed by atoms with Crippen molar-refractivity contribution in [1.29, 1.82) is 0 Å². The van der Waals surface area contributed by atoms with Gasteiger partial charge in [0, 0.05) is 35.4 Å². The van der Waals surface area contributed by atoms with Crippen LogP contribution in [0.4, 0.5) is 5.69 Å². The molecule has 1 amide bonds. The van der Waals surface area contributed by atoms with Crippen LogP contribution in [-0.4, -0.2) is 20.7 Å². The fraction of sp³-hybridized carbons (Fsp3) is 0.190. The summed E-state index contributed by atoms with van der Waals surface area (Å²) in [7, 11) is 0. The highest BCUT2D eigenvalue weighted by Gasteiger charge is 2.10. The number of pyridine rings is 1. The summed E-state index contributed by atoms with van der Waals surface area (Å²) in [5, 5.41) is 7.43. The molecular weight excluding hydrogens is 324 g/mol. The molecule has 0 aliphatic heterocycles. The van der Waals surface area contributed by atoms with Gasteiger partial charge in [0.25, 0.3) is 0 Å². The molecule has 5 heteroatoms. The number of nitrogens with zero attached hydrogens (tertiary/aromatic N) is 3. The number of hydrogen-bond acceptors (Lipinski definition) is 3. The maximum absolute atomic E-state index is 12.1. The summed E-state index contributed by atoms with van der Waals surface area (Å²) in [6, 6.07) is 11.9. The third kappa shape index (κ3) is 4.25. The van der Waals surface area contributed by atoms with Gasteiger partial charge in [-0.25, -0.2) is 0 Å². The number of aryl methyl sites for hydroxylation is 2. The smallest absolute Gasteiger partial charge is 0.248 e. The summed E-state index contributed by atoms with van der Waals surface area (Å²) < 4.78 is 1.97. The predicted octanol–water partition coefficient (Wildman–Crippen LogP) is 3.90. The molecule has 1 aromatic carbocycles. The van der Waals surface area contributed by atoms with E-state index in [0.717, 1.165) is 22.6 Å². The monoisotopic (exact) mass is 346 g/mol. The highest BCUT2D eigenvalue weighted by atomic mass is 16.1. The van der Waals surface area contributed by atoms with Gasteiger partial charge in [0.2, 0.25) is 5.91 Å². The summed E-state index contributed by atoms with van der Waals surface area (Å²) in [5.41, 5.74) is 6.08. The Balaban J connectivity index is 1.73. The van der Waals surface area contributed by atoms with E-state index in [1.54, 1.807) is 24.5 Å². The van der Waals surface area contributed by atoms with Crippen molar-refractivity contribution in [2.45, 2.75) is 27.3 Å². The van der Waals surface area contributed by atoms with E-state index in [9.17, 15) is 4.79 Å². The highest BCUT2D eigenvalue weighted by molar-refractivity contribution is 6.02. The largest absolute Gasteiger partial charge is 0.322 e. The van der Waals surface area contributed by atoms with Crippen LogP contribution in [0.15, 0.2) is 54.9 Å². The van der Waals surface area contributed by atoms with Crippen molar-refractivity contribution >= 4 is 17.7 Å². The van der Waals surface area contributed by atoms with Crippen molar-refractivity contribution in [1.82, 2.24) is 14.8 Å². The zero-order chi connectivity index (χ0) is 18.5. The van der Waals surface area contributed by atoms with Gasteiger partial charge in [0.1, 0.15) is 0 Å². The average Bonchev–Trinajstić information content (AvgIpc) is 2.89. The molecule has 2 heterocycles. The topological polar surface area (TPSA) is 59.8 Å². The van der Waals surface area contributed by atoms with E-state index >= 15 is 0 Å². The number of anilines is 1. The zero-order valence-corrected chi connectivity index (χ0v) is 15.2. The van der Waals surface area contributed by atoms with Crippen molar-refractivity contribution in [2.24, 2.45) is 0 Å². The fourth-order valence-corrected chi connectivity index (χ4v) is 2.75. The van der Waals surface area contributed by atoms with Crippen LogP contribution in [0.25, 0.3) is 6.08 Å². The second-order valence-electron chi connectivity index (χ2n) is 6.29. The second-order valence-corrected chi connectivity index (χ2v) is 6.29. The number of rotatable bonds is 5. The van der Waals surface area contributed by atoms with Crippen LogP contribution in [0.5, 0.6) is 0 Å². The lowest BCUT2D eigenvalue weighted by atomic mass is 10.1. The Morgan fingerprint density at radius 3 is 2.46 bits per heavy atom. The first kappa shape index (κ1) is 17.6. The third-order valence-electron chi connectivity index (χ3n) is 4.24. The molecule has 0 fully saturated rings. The summed E-state index contributed by atoms with van der Waals surface area (Å²) in [5.74, 6) is -0.179. The molecule has 132 valence electrons. The normalized spacial score (nSPS) is 11.0. The molecule has 26 heavy (non-hydrogen) atoms. The van der Waals surface area contributed by atoms with Gasteiger partial charge >= 0.3 is 0 Å². The number of amides is 1. The molecular formula is C21H22N4O. The Hall–Kier alpha value is -3.21. The Kier molecular flexibility index (Phi) is 5.27. The summed E-state index contributed by atoms with van der Waals surface area (Å²) in [6.45, 7) is 6.77. The Morgan fingerprint density at radius 2 is 1.77 bits per heavy atom. The standard InChI is InChI=1S/C21H22N4O/c1-15-4-6-18(7-5-15)14-25-17(3)20(16(2)24-25)8-9-21(26)23-19-10-12-22-13-11-19/h4-13H,14H2,1-3H3,(H,22,23,26)/b9-8+. The van der Waals surface area contributed by atoms with Crippen molar-refractivity contribution in [3.05, 3.63) is 82.9 Å². The molecule has 2 aromatic heterocycles. The lowest BCUT2D eigenvalue weighted by Crippen LogP contribution is -2.07. The van der Waals surface area contributed by atoms with Gasteiger partial charge in [-0.05, 0) is 44.5 Å². The number of hydrogen-bond donors (Lipinski definition) is 1. The van der Waals surface area contributed by atoms with Gasteiger partial charge in [0.05, 0.1) is 12.2 Å². The first-order chi connectivity index (χ1) is 12.5. The minimum atomic E-state index is -0.179. The van der Waals surface area contributed by atoms with Gasteiger partial charge < -0.3 is 5.32 Å². The summed E-state index contributed by atoms with van der Waals surface area (Å²) >= 11 is 0. The number of nitrogens with one attached hydrogen (secondary N) is 1. The first-order valence-corrected chi connectivity index (χ1v) is 8.51. The van der Waals surface area contributed by atoms with Crippen molar-refractivity contribution in [3.63, 3.8) is 0 Å². The van der Waals surface area contributed by atoms with Gasteiger partial charge in [-0.1, -0.05) is 29.8 Å². The zero-order valence-electron chi connectivity index (χ0n) is 15.2. The average molecular weight is 346 g/mol. The minimum absolute atomic E-state index is 0.179. The summed E-state index contributed by atoms with van der Waals surface area (Å²) in [6.07, 6.45) is 6.64. The van der Waals surface area contributed by atoms with Gasteiger partial charge in [0.15, 0.2) is 0 Å². The van der Waals surface area contributed by atoms with Crippen molar-refractivity contribution < 1.29 is 4.79 Å². The number of carbonyl (C=O) groups is 1. The fourth-order valence-electron chi connectivity index (χ4n) is 2.75. The molecule has 0 saturated heterocycles. The number of carbonyl (C=O) groups excluding carboxylic acids is 1. The van der Waals surface area contributed by atoms with E-state index in [1.807, 2.05) is 24.6 Å². The third-order valence-corrected chi connectivity index (χ3v) is 4.24. The van der Waals surface area contributed by atoms with Crippen LogP contribution in [0.2, 0.25) is 0 Å². The predicted molar refractivity (Wildman–Crippen MR) is 104 cm³/mol. The summed E-state index contributed by atoms with van der Waals surface area (Å²) in [4.78, 5) is 16.0. The molecule has 0 radical (unpaired) electrons. The van der Waals surface area contributed by atoms with E-state index < -0.39 is 0 Å². The van der Waals surface area contributed by atoms with E-state index in [2.05, 4.69) is 46.6 Å². The highest BCUT2D eigenvalue weighted by Crippen LogP contribution is 2.17. The lowest BCUT2D eigenvalue weighted by molar-refractivity contribution is -0.111. The van der Waals surface area contributed by atoms with Crippen molar-refractivity contribution in [3.8, 4) is 0 Å². The minimum Gasteiger partial charge on any atom is -0.322 e. The Morgan fingerprint density at radius 1 is 1.08 bits per heavy atom. The SMILES string of the molecule is Cc1ccc(Cn2nc(C)c(/C=C/C(=O)Nc3ccncc3)c2C)cc1. The van der Waals surface area contributed by atoms with Crippen LogP contribution in [-0.2, 0) is 11.3 Å². The molecule has 3 rings (SSSR count). The van der Waals surface area contributed by atoms with Gasteiger partial charge in [-0.15, -0.1) is 0 Å². The van der Waals surface area contributed by atoms with Crippen LogP contribution in [0.3, 0.4) is 0 Å². The second kappa shape index (κ2) is 7.78. The molecule has 0 aliphatic carbocycles. The molecule has 0 bridgehead atoms. The van der Waals surface area contributed by atoms with E-state index in [4.69, 9.17) is 0 Å². The maximum atomic E-state index is 12.1. The molecule has 3 aromatic rings. The number of benzene rings is 1. The molecule has 0 aliphatic rings. The van der Waals surface area contributed by atoms with Gasteiger partial charge in [-0.3, -0.25) is 14.5 Å². The quantitative estimate of drug-likeness (QED) is 0.713. The molecule has 0 spiro atoms. The van der Waals surface area contributed by atoms with Crippen LogP contribution in [0.1, 0.15) is 28.1 Å². The first-order valence-electron chi connectivity index (χ1n) is 8.51. The van der Waals surface area contributed by atoms with Crippen LogP contribution < -0.4 is 5.32 Å². The Labute approximate surface area is 153 Å². The maximum Gasteiger partial charge on any atom is 0.248 e. The van der Waals surface area contributed by atoms with E-state index in [0.29, 0.717) is 6.54 Å². The molecule has 1 N–H and O–H groups in total. The lowest BCUT2D eigenvalue weighted by Gasteiger charge is -2.05. The van der Waals surface area contributed by atoms with Gasteiger partial charge in [-0.2, -0.15) is 5.10 Å². The Bertz CT molecular complexity index is 925. The molecule has 0 saturated carbocycles. The number of aromatic nitrogens is 3.